The average Bonchev–Trinajstić information content (AvgIpc) is 2.46. The van der Waals surface area contributed by atoms with Gasteiger partial charge in [-0.2, -0.15) is 0 Å². The number of hydrogen-bond donors (Lipinski definition) is 0. The lowest BCUT2D eigenvalue weighted by atomic mass is 9.98. The third-order valence-corrected chi connectivity index (χ3v) is 3.39. The van der Waals surface area contributed by atoms with Gasteiger partial charge in [-0.15, -0.1) is 0 Å². The molecule has 2 aromatic carbocycles. The highest BCUT2D eigenvalue weighted by molar-refractivity contribution is 6.08. The number of carbonyl (C=O) groups excluding carboxylic acids is 1. The molecule has 0 aliphatic heterocycles. The van der Waals surface area contributed by atoms with Gasteiger partial charge in [0.15, 0.2) is 5.78 Å². The van der Waals surface area contributed by atoms with Gasteiger partial charge in [0.25, 0.3) is 0 Å². The summed E-state index contributed by atoms with van der Waals surface area (Å²) in [5.41, 5.74) is 3.84. The lowest BCUT2D eigenvalue weighted by molar-refractivity contribution is 0.0994. The first-order valence-corrected chi connectivity index (χ1v) is 6.66. The molecule has 0 amide bonds. The maximum absolute atomic E-state index is 12.5. The first-order valence-electron chi connectivity index (χ1n) is 6.66. The van der Waals surface area contributed by atoms with Crippen LogP contribution in [0, 0.1) is 6.92 Å². The van der Waals surface area contributed by atoms with Gasteiger partial charge in [-0.05, 0) is 24.6 Å². The number of hydrogen-bond acceptors (Lipinski definition) is 2. The van der Waals surface area contributed by atoms with Gasteiger partial charge in [0.2, 0.25) is 0 Å². The van der Waals surface area contributed by atoms with E-state index in [0.717, 1.165) is 22.0 Å². The van der Waals surface area contributed by atoms with Crippen LogP contribution in [-0.2, 0) is 6.42 Å². The summed E-state index contributed by atoms with van der Waals surface area (Å²) >= 11 is 0. The summed E-state index contributed by atoms with van der Waals surface area (Å²) < 4.78 is 0. The van der Waals surface area contributed by atoms with Gasteiger partial charge >= 0.3 is 0 Å². The SMILES string of the molecule is Cc1cccc(CC(=O)c2cccc3ncccc23)c1. The van der Waals surface area contributed by atoms with E-state index in [0.29, 0.717) is 6.42 Å². The largest absolute Gasteiger partial charge is 0.294 e. The molecule has 20 heavy (non-hydrogen) atoms. The molecule has 3 aromatic rings. The molecule has 1 heterocycles. The normalized spacial score (nSPS) is 10.7. The summed E-state index contributed by atoms with van der Waals surface area (Å²) in [6, 6.07) is 17.6. The molecule has 0 unspecified atom stereocenters. The third kappa shape index (κ3) is 2.45. The summed E-state index contributed by atoms with van der Waals surface area (Å²) in [6.07, 6.45) is 2.17. The van der Waals surface area contributed by atoms with Crippen LogP contribution in [0.15, 0.2) is 60.8 Å². The Hall–Kier alpha value is -2.48. The Morgan fingerprint density at radius 1 is 1.05 bits per heavy atom. The molecule has 0 radical (unpaired) electrons. The molecule has 0 N–H and O–H groups in total. The van der Waals surface area contributed by atoms with Crippen LogP contribution in [0.1, 0.15) is 21.5 Å². The minimum absolute atomic E-state index is 0.134. The topological polar surface area (TPSA) is 30.0 Å². The number of rotatable bonds is 3. The highest BCUT2D eigenvalue weighted by Crippen LogP contribution is 2.18. The summed E-state index contributed by atoms with van der Waals surface area (Å²) in [5.74, 6) is 0.134. The van der Waals surface area contributed by atoms with Gasteiger partial charge in [-0.1, -0.05) is 48.0 Å². The van der Waals surface area contributed by atoms with E-state index in [1.165, 1.54) is 5.56 Å². The zero-order chi connectivity index (χ0) is 13.9. The van der Waals surface area contributed by atoms with E-state index in [9.17, 15) is 4.79 Å². The molecule has 3 rings (SSSR count). The quantitative estimate of drug-likeness (QED) is 0.668. The smallest absolute Gasteiger partial charge is 0.167 e. The predicted molar refractivity (Wildman–Crippen MR) is 81.0 cm³/mol. The van der Waals surface area contributed by atoms with Gasteiger partial charge in [-0.25, -0.2) is 0 Å². The molecule has 0 fully saturated rings. The third-order valence-electron chi connectivity index (χ3n) is 3.39. The van der Waals surface area contributed by atoms with E-state index in [1.54, 1.807) is 6.20 Å². The molecule has 0 atom stereocenters. The minimum Gasteiger partial charge on any atom is -0.294 e. The first-order chi connectivity index (χ1) is 9.74. The summed E-state index contributed by atoms with van der Waals surface area (Å²) in [7, 11) is 0. The van der Waals surface area contributed by atoms with Crippen molar-refractivity contribution in [1.82, 2.24) is 4.98 Å². The number of ketones is 1. The van der Waals surface area contributed by atoms with E-state index in [4.69, 9.17) is 0 Å². The van der Waals surface area contributed by atoms with E-state index in [1.807, 2.05) is 55.5 Å². The van der Waals surface area contributed by atoms with Crippen LogP contribution in [0.3, 0.4) is 0 Å². The van der Waals surface area contributed by atoms with Crippen molar-refractivity contribution >= 4 is 16.7 Å². The zero-order valence-corrected chi connectivity index (χ0v) is 11.3. The van der Waals surface area contributed by atoms with Crippen LogP contribution in [0.5, 0.6) is 0 Å². The molecule has 0 bridgehead atoms. The Labute approximate surface area is 118 Å². The second-order valence-electron chi connectivity index (χ2n) is 4.96. The molecule has 1 aromatic heterocycles. The Bertz CT molecular complexity index is 772. The molecule has 0 spiro atoms. The van der Waals surface area contributed by atoms with Gasteiger partial charge in [0.1, 0.15) is 0 Å². The van der Waals surface area contributed by atoms with Crippen LogP contribution in [0.4, 0.5) is 0 Å². The van der Waals surface area contributed by atoms with Crippen molar-refractivity contribution in [2.75, 3.05) is 0 Å². The number of carbonyl (C=O) groups is 1. The van der Waals surface area contributed by atoms with Crippen molar-refractivity contribution in [3.8, 4) is 0 Å². The Morgan fingerprint density at radius 2 is 1.90 bits per heavy atom. The molecular weight excluding hydrogens is 246 g/mol. The van der Waals surface area contributed by atoms with Crippen molar-refractivity contribution in [1.29, 1.82) is 0 Å². The monoisotopic (exact) mass is 261 g/mol. The van der Waals surface area contributed by atoms with E-state index >= 15 is 0 Å². The number of aryl methyl sites for hydroxylation is 1. The minimum atomic E-state index is 0.134. The Morgan fingerprint density at radius 3 is 2.75 bits per heavy atom. The molecule has 0 aliphatic rings. The highest BCUT2D eigenvalue weighted by Gasteiger charge is 2.11. The van der Waals surface area contributed by atoms with Crippen molar-refractivity contribution < 1.29 is 4.79 Å². The van der Waals surface area contributed by atoms with Crippen molar-refractivity contribution in [3.05, 3.63) is 77.5 Å². The average molecular weight is 261 g/mol. The Kier molecular flexibility index (Phi) is 3.30. The molecule has 0 saturated heterocycles. The fraction of sp³-hybridized carbons (Fsp3) is 0.111. The van der Waals surface area contributed by atoms with Gasteiger partial charge in [0.05, 0.1) is 5.52 Å². The van der Waals surface area contributed by atoms with Gasteiger partial charge < -0.3 is 0 Å². The number of fused-ring (bicyclic) bond motifs is 1. The summed E-state index contributed by atoms with van der Waals surface area (Å²) in [6.45, 7) is 2.04. The maximum Gasteiger partial charge on any atom is 0.167 e. The van der Waals surface area contributed by atoms with Crippen LogP contribution >= 0.6 is 0 Å². The van der Waals surface area contributed by atoms with Crippen LogP contribution in [-0.4, -0.2) is 10.8 Å². The number of nitrogens with zero attached hydrogens (tertiary/aromatic N) is 1. The van der Waals surface area contributed by atoms with Crippen LogP contribution in [0.25, 0.3) is 10.9 Å². The Balaban J connectivity index is 1.97. The van der Waals surface area contributed by atoms with E-state index < -0.39 is 0 Å². The lowest BCUT2D eigenvalue weighted by Gasteiger charge is -2.06. The fourth-order valence-corrected chi connectivity index (χ4v) is 2.45. The van der Waals surface area contributed by atoms with Crippen molar-refractivity contribution in [3.63, 3.8) is 0 Å². The second-order valence-corrected chi connectivity index (χ2v) is 4.96. The number of aromatic nitrogens is 1. The number of pyridine rings is 1. The van der Waals surface area contributed by atoms with E-state index in [-0.39, 0.29) is 5.78 Å². The van der Waals surface area contributed by atoms with Gasteiger partial charge in [0, 0.05) is 23.6 Å². The molecule has 2 nitrogen and oxygen atoms in total. The zero-order valence-electron chi connectivity index (χ0n) is 11.3. The standard InChI is InChI=1S/C18H15NO/c1-13-5-2-6-14(11-13)12-18(20)16-7-3-9-17-15(16)8-4-10-19-17/h2-11H,12H2,1H3. The van der Waals surface area contributed by atoms with Gasteiger partial charge in [-0.3, -0.25) is 9.78 Å². The summed E-state index contributed by atoms with van der Waals surface area (Å²) in [4.78, 5) is 16.8. The highest BCUT2D eigenvalue weighted by atomic mass is 16.1. The maximum atomic E-state index is 12.5. The number of benzene rings is 2. The lowest BCUT2D eigenvalue weighted by Crippen LogP contribution is -2.04. The van der Waals surface area contributed by atoms with Crippen LogP contribution < -0.4 is 0 Å². The van der Waals surface area contributed by atoms with Crippen molar-refractivity contribution in [2.24, 2.45) is 0 Å². The molecular formula is C18H15NO. The van der Waals surface area contributed by atoms with E-state index in [2.05, 4.69) is 11.1 Å². The predicted octanol–water partition coefficient (Wildman–Crippen LogP) is 3.97. The molecule has 0 saturated carbocycles. The second kappa shape index (κ2) is 5.25. The number of Topliss-reactive ketones (excluding diaryl/α,β-unsaturated/α-hetero) is 1. The molecule has 2 heteroatoms. The van der Waals surface area contributed by atoms with Crippen molar-refractivity contribution in [2.45, 2.75) is 13.3 Å². The summed E-state index contributed by atoms with van der Waals surface area (Å²) in [5, 5.41) is 0.924. The first kappa shape index (κ1) is 12.5. The molecule has 98 valence electrons. The van der Waals surface area contributed by atoms with Crippen LogP contribution in [0.2, 0.25) is 0 Å². The molecule has 0 aliphatic carbocycles. The fourth-order valence-electron chi connectivity index (χ4n) is 2.45.